The number of benzene rings is 1. The number of carbonyl (C=O) groups is 1. The van der Waals surface area contributed by atoms with Crippen LogP contribution in [0.15, 0.2) is 29.1 Å². The molecule has 6 nitrogen and oxygen atoms in total. The fraction of sp³-hybridized carbons (Fsp3) is 0.308. The number of para-hydroxylation sites is 1. The first-order valence-corrected chi connectivity index (χ1v) is 6.12. The molecule has 0 saturated carbocycles. The van der Waals surface area contributed by atoms with Crippen LogP contribution in [0.3, 0.4) is 0 Å². The zero-order valence-electron chi connectivity index (χ0n) is 10.8. The highest BCUT2D eigenvalue weighted by Crippen LogP contribution is 2.32. The summed E-state index contributed by atoms with van der Waals surface area (Å²) < 4.78 is 1.12. The van der Waals surface area contributed by atoms with E-state index in [2.05, 4.69) is 10.1 Å². The third-order valence-electron chi connectivity index (χ3n) is 3.40. The molecule has 1 aliphatic heterocycles. The van der Waals surface area contributed by atoms with Gasteiger partial charge in [0.2, 0.25) is 5.82 Å². The molecule has 1 atom stereocenters. The quantitative estimate of drug-likeness (QED) is 0.818. The minimum atomic E-state index is -0.386. The van der Waals surface area contributed by atoms with E-state index >= 15 is 0 Å². The fourth-order valence-corrected chi connectivity index (χ4v) is 2.49. The number of nitrogens with zero attached hydrogens (tertiary/aromatic N) is 3. The van der Waals surface area contributed by atoms with Gasteiger partial charge in [-0.25, -0.2) is 9.48 Å². The van der Waals surface area contributed by atoms with Gasteiger partial charge in [-0.15, -0.1) is 5.10 Å². The molecule has 0 saturated heterocycles. The minimum Gasteiger partial charge on any atom is -0.302 e. The Morgan fingerprint density at radius 1 is 1.42 bits per heavy atom. The van der Waals surface area contributed by atoms with E-state index in [9.17, 15) is 9.59 Å². The summed E-state index contributed by atoms with van der Waals surface area (Å²) in [7, 11) is 1.51. The van der Waals surface area contributed by atoms with Gasteiger partial charge in [-0.1, -0.05) is 18.2 Å². The summed E-state index contributed by atoms with van der Waals surface area (Å²) in [5.74, 6) is -0.189. The molecule has 19 heavy (non-hydrogen) atoms. The average Bonchev–Trinajstić information content (AvgIpc) is 2.89. The van der Waals surface area contributed by atoms with Crippen LogP contribution in [0.4, 0.5) is 5.69 Å². The van der Waals surface area contributed by atoms with Crippen molar-refractivity contribution in [3.05, 3.63) is 46.1 Å². The Hall–Kier alpha value is -2.37. The highest BCUT2D eigenvalue weighted by molar-refractivity contribution is 6.05. The van der Waals surface area contributed by atoms with Crippen molar-refractivity contribution in [2.45, 2.75) is 19.4 Å². The van der Waals surface area contributed by atoms with Crippen molar-refractivity contribution in [1.29, 1.82) is 0 Å². The maximum Gasteiger partial charge on any atom is 0.343 e. The number of carbonyl (C=O) groups excluding carboxylic acids is 1. The lowest BCUT2D eigenvalue weighted by Crippen LogP contribution is -2.36. The van der Waals surface area contributed by atoms with Gasteiger partial charge in [0.15, 0.2) is 0 Å². The van der Waals surface area contributed by atoms with E-state index < -0.39 is 0 Å². The number of nitrogens with one attached hydrogen (secondary N) is 1. The second kappa shape index (κ2) is 4.08. The molecule has 98 valence electrons. The summed E-state index contributed by atoms with van der Waals surface area (Å²) in [6.45, 7) is 1.99. The normalized spacial score (nSPS) is 17.6. The molecule has 0 aliphatic carbocycles. The summed E-state index contributed by atoms with van der Waals surface area (Å²) >= 11 is 0. The predicted octanol–water partition coefficient (Wildman–Crippen LogP) is 0.700. The Bertz CT molecular complexity index is 701. The molecule has 1 aliphatic rings. The molecule has 0 fully saturated rings. The third-order valence-corrected chi connectivity index (χ3v) is 3.40. The molecule has 0 bridgehead atoms. The zero-order chi connectivity index (χ0) is 13.6. The zero-order valence-corrected chi connectivity index (χ0v) is 10.8. The van der Waals surface area contributed by atoms with Crippen molar-refractivity contribution < 1.29 is 4.79 Å². The molecule has 1 aromatic carbocycles. The SMILES string of the molecule is CC1Cc2ccccc2N1C(=O)c1nn(C)c(=O)[nH]1. The van der Waals surface area contributed by atoms with Crippen molar-refractivity contribution in [2.75, 3.05) is 4.90 Å². The largest absolute Gasteiger partial charge is 0.343 e. The standard InChI is InChI=1S/C13H14N4O2/c1-8-7-9-5-3-4-6-10(9)17(8)12(18)11-14-13(19)16(2)15-11/h3-6,8H,7H2,1-2H3,(H,14,15,19). The predicted molar refractivity (Wildman–Crippen MR) is 70.2 cm³/mol. The monoisotopic (exact) mass is 258 g/mol. The van der Waals surface area contributed by atoms with Crippen LogP contribution in [0.25, 0.3) is 0 Å². The van der Waals surface area contributed by atoms with Crippen molar-refractivity contribution in [3.63, 3.8) is 0 Å². The van der Waals surface area contributed by atoms with Crippen LogP contribution in [-0.4, -0.2) is 26.7 Å². The van der Waals surface area contributed by atoms with Crippen molar-refractivity contribution >= 4 is 11.6 Å². The molecule has 0 radical (unpaired) electrons. The van der Waals surface area contributed by atoms with Crippen LogP contribution >= 0.6 is 0 Å². The molecule has 1 unspecified atom stereocenters. The summed E-state index contributed by atoms with van der Waals surface area (Å²) in [4.78, 5) is 28.0. The van der Waals surface area contributed by atoms with E-state index in [1.807, 2.05) is 31.2 Å². The van der Waals surface area contributed by atoms with Crippen LogP contribution in [0.2, 0.25) is 0 Å². The molecular formula is C13H14N4O2. The van der Waals surface area contributed by atoms with E-state index in [0.717, 1.165) is 22.4 Å². The van der Waals surface area contributed by atoms with Gasteiger partial charge in [0, 0.05) is 18.8 Å². The van der Waals surface area contributed by atoms with E-state index in [1.54, 1.807) is 4.90 Å². The number of aromatic nitrogens is 3. The number of hydrogen-bond donors (Lipinski definition) is 1. The molecule has 3 rings (SSSR count). The first kappa shape index (κ1) is 11.7. The van der Waals surface area contributed by atoms with Crippen LogP contribution in [0.1, 0.15) is 23.1 Å². The van der Waals surface area contributed by atoms with Crippen LogP contribution in [-0.2, 0) is 13.5 Å². The van der Waals surface area contributed by atoms with E-state index in [0.29, 0.717) is 0 Å². The van der Waals surface area contributed by atoms with Crippen LogP contribution < -0.4 is 10.6 Å². The Morgan fingerprint density at radius 2 is 2.16 bits per heavy atom. The lowest BCUT2D eigenvalue weighted by molar-refractivity contribution is 0.0971. The summed E-state index contributed by atoms with van der Waals surface area (Å²) in [5.41, 5.74) is 1.65. The van der Waals surface area contributed by atoms with Gasteiger partial charge in [-0.3, -0.25) is 9.78 Å². The molecule has 1 N–H and O–H groups in total. The summed E-state index contributed by atoms with van der Waals surface area (Å²) in [6, 6.07) is 7.86. The minimum absolute atomic E-state index is 0.0652. The topological polar surface area (TPSA) is 71.0 Å². The summed E-state index contributed by atoms with van der Waals surface area (Å²) in [6.07, 6.45) is 0.818. The molecule has 1 aromatic heterocycles. The third kappa shape index (κ3) is 1.76. The van der Waals surface area contributed by atoms with Gasteiger partial charge in [0.25, 0.3) is 5.91 Å². The Kier molecular flexibility index (Phi) is 2.51. The van der Waals surface area contributed by atoms with Gasteiger partial charge in [0.05, 0.1) is 0 Å². The lowest BCUT2D eigenvalue weighted by atomic mass is 10.1. The molecule has 1 amide bonds. The van der Waals surface area contributed by atoms with Crippen molar-refractivity contribution in [1.82, 2.24) is 14.8 Å². The maximum atomic E-state index is 12.5. The van der Waals surface area contributed by atoms with Gasteiger partial charge >= 0.3 is 5.69 Å². The van der Waals surface area contributed by atoms with Crippen LogP contribution in [0.5, 0.6) is 0 Å². The number of H-pyrrole nitrogens is 1. The molecule has 2 heterocycles. The van der Waals surface area contributed by atoms with E-state index in [4.69, 9.17) is 0 Å². The van der Waals surface area contributed by atoms with E-state index in [-0.39, 0.29) is 23.5 Å². The van der Waals surface area contributed by atoms with Crippen LogP contribution in [0, 0.1) is 0 Å². The Balaban J connectivity index is 2.02. The molecular weight excluding hydrogens is 244 g/mol. The smallest absolute Gasteiger partial charge is 0.302 e. The maximum absolute atomic E-state index is 12.5. The summed E-state index contributed by atoms with van der Waals surface area (Å²) in [5, 5.41) is 3.92. The number of aromatic amines is 1. The second-order valence-electron chi connectivity index (χ2n) is 4.76. The first-order valence-electron chi connectivity index (χ1n) is 6.12. The number of amides is 1. The Labute approximate surface area is 109 Å². The van der Waals surface area contributed by atoms with Gasteiger partial charge in [-0.2, -0.15) is 0 Å². The number of fused-ring (bicyclic) bond motifs is 1. The molecule has 2 aromatic rings. The average molecular weight is 258 g/mol. The van der Waals surface area contributed by atoms with Gasteiger partial charge in [0.1, 0.15) is 0 Å². The highest BCUT2D eigenvalue weighted by Gasteiger charge is 2.32. The second-order valence-corrected chi connectivity index (χ2v) is 4.76. The number of anilines is 1. The Morgan fingerprint density at radius 3 is 2.84 bits per heavy atom. The first-order chi connectivity index (χ1) is 9.08. The van der Waals surface area contributed by atoms with Crippen molar-refractivity contribution in [3.8, 4) is 0 Å². The molecule has 0 spiro atoms. The lowest BCUT2D eigenvalue weighted by Gasteiger charge is -2.21. The van der Waals surface area contributed by atoms with Gasteiger partial charge < -0.3 is 4.90 Å². The fourth-order valence-electron chi connectivity index (χ4n) is 2.49. The van der Waals surface area contributed by atoms with E-state index in [1.165, 1.54) is 7.05 Å². The van der Waals surface area contributed by atoms with Crippen molar-refractivity contribution in [2.24, 2.45) is 7.05 Å². The van der Waals surface area contributed by atoms with Gasteiger partial charge in [-0.05, 0) is 25.0 Å². The molecule has 6 heteroatoms. The highest BCUT2D eigenvalue weighted by atomic mass is 16.2. The number of hydrogen-bond acceptors (Lipinski definition) is 3. The number of rotatable bonds is 1. The number of aryl methyl sites for hydroxylation is 1.